The lowest BCUT2D eigenvalue weighted by Gasteiger charge is -2.11. The lowest BCUT2D eigenvalue weighted by Crippen LogP contribution is -1.99. The molecule has 30 heavy (non-hydrogen) atoms. The zero-order chi connectivity index (χ0) is 21.7. The van der Waals surface area contributed by atoms with Crippen LogP contribution in [0.1, 0.15) is 32.6 Å². The van der Waals surface area contributed by atoms with E-state index in [0.717, 1.165) is 16.7 Å². The first-order valence-electron chi connectivity index (χ1n) is 9.00. The number of hydrogen-bond donors (Lipinski definition) is 1. The number of benzene rings is 3. The minimum atomic E-state index is -0.987. The maximum Gasteiger partial charge on any atom is 0.335 e. The summed E-state index contributed by atoms with van der Waals surface area (Å²) in [5, 5.41) is 19.1. The van der Waals surface area contributed by atoms with Gasteiger partial charge in [0.1, 0.15) is 6.61 Å². The summed E-state index contributed by atoms with van der Waals surface area (Å²) in [5.41, 5.74) is 4.08. The van der Waals surface area contributed by atoms with Crippen molar-refractivity contribution in [2.24, 2.45) is 0 Å². The van der Waals surface area contributed by atoms with Gasteiger partial charge in [-0.25, -0.2) is 4.79 Å². The molecule has 0 aromatic heterocycles. The number of rotatable bonds is 6. The van der Waals surface area contributed by atoms with Crippen LogP contribution in [-0.2, 0) is 6.61 Å². The number of aromatic carboxylic acids is 1. The van der Waals surface area contributed by atoms with Gasteiger partial charge in [0.2, 0.25) is 0 Å². The number of carboxylic acids is 1. The van der Waals surface area contributed by atoms with E-state index in [1.165, 1.54) is 12.1 Å². The van der Waals surface area contributed by atoms with Crippen molar-refractivity contribution < 1.29 is 14.6 Å². The van der Waals surface area contributed by atoms with E-state index < -0.39 is 5.97 Å². The molecule has 0 bridgehead atoms. The van der Waals surface area contributed by atoms with Crippen molar-refractivity contribution in [3.8, 4) is 11.8 Å². The summed E-state index contributed by atoms with van der Waals surface area (Å²) in [6.07, 6.45) is 1.72. The van der Waals surface area contributed by atoms with E-state index in [0.29, 0.717) is 26.9 Å². The van der Waals surface area contributed by atoms with Crippen LogP contribution in [0.4, 0.5) is 0 Å². The van der Waals surface area contributed by atoms with E-state index in [1.54, 1.807) is 30.3 Å². The van der Waals surface area contributed by atoms with Crippen LogP contribution in [0.3, 0.4) is 0 Å². The third kappa shape index (κ3) is 5.21. The fraction of sp³-hybridized carbons (Fsp3) is 0.0833. The van der Waals surface area contributed by atoms with Gasteiger partial charge in [-0.15, -0.1) is 0 Å². The molecule has 0 aliphatic carbocycles. The summed E-state index contributed by atoms with van der Waals surface area (Å²) < 4.78 is 5.74. The third-order valence-corrected chi connectivity index (χ3v) is 4.96. The summed E-state index contributed by atoms with van der Waals surface area (Å²) in [6.45, 7) is 2.17. The van der Waals surface area contributed by atoms with Crippen LogP contribution in [0, 0.1) is 18.3 Å². The van der Waals surface area contributed by atoms with Gasteiger partial charge in [-0.2, -0.15) is 5.26 Å². The molecule has 0 atom stereocenters. The van der Waals surface area contributed by atoms with Gasteiger partial charge in [0.25, 0.3) is 0 Å². The molecule has 3 aromatic rings. The topological polar surface area (TPSA) is 70.3 Å². The average Bonchev–Trinajstić information content (AvgIpc) is 2.72. The molecule has 0 saturated carbocycles. The van der Waals surface area contributed by atoms with Crippen LogP contribution in [-0.4, -0.2) is 11.1 Å². The number of allylic oxidation sites excluding steroid dienone is 1. The van der Waals surface area contributed by atoms with Gasteiger partial charge < -0.3 is 9.84 Å². The molecule has 150 valence electrons. The van der Waals surface area contributed by atoms with Crippen LogP contribution >= 0.6 is 23.2 Å². The smallest absolute Gasteiger partial charge is 0.335 e. The van der Waals surface area contributed by atoms with E-state index >= 15 is 0 Å². The zero-order valence-electron chi connectivity index (χ0n) is 16.0. The van der Waals surface area contributed by atoms with Crippen molar-refractivity contribution >= 4 is 40.8 Å². The van der Waals surface area contributed by atoms with Gasteiger partial charge in [-0.1, -0.05) is 65.2 Å². The molecule has 0 radical (unpaired) electrons. The second-order valence-electron chi connectivity index (χ2n) is 6.64. The normalized spacial score (nSPS) is 11.1. The number of nitriles is 1. The molecular weight excluding hydrogens is 421 g/mol. The number of ether oxygens (including phenoxy) is 1. The predicted molar refractivity (Wildman–Crippen MR) is 119 cm³/mol. The number of carbonyl (C=O) groups is 1. The van der Waals surface area contributed by atoms with Crippen molar-refractivity contribution in [1.29, 1.82) is 5.26 Å². The Labute approximate surface area is 184 Å². The van der Waals surface area contributed by atoms with Crippen LogP contribution in [0.2, 0.25) is 10.0 Å². The molecule has 0 aliphatic heterocycles. The quantitative estimate of drug-likeness (QED) is 0.346. The maximum absolute atomic E-state index is 10.9. The fourth-order valence-corrected chi connectivity index (χ4v) is 3.39. The molecular formula is C24H17Cl2NO3. The van der Waals surface area contributed by atoms with Gasteiger partial charge in [0.05, 0.1) is 27.3 Å². The van der Waals surface area contributed by atoms with Crippen molar-refractivity contribution in [3.63, 3.8) is 0 Å². The van der Waals surface area contributed by atoms with Crippen LogP contribution in [0.25, 0.3) is 11.6 Å². The number of halogens is 2. The second-order valence-corrected chi connectivity index (χ2v) is 7.45. The summed E-state index contributed by atoms with van der Waals surface area (Å²) in [4.78, 5) is 10.9. The molecule has 0 heterocycles. The lowest BCUT2D eigenvalue weighted by atomic mass is 10.0. The first-order valence-corrected chi connectivity index (χ1v) is 9.76. The highest BCUT2D eigenvalue weighted by Gasteiger charge is 2.11. The van der Waals surface area contributed by atoms with Crippen molar-refractivity contribution in [2.75, 3.05) is 0 Å². The predicted octanol–water partition coefficient (Wildman–Crippen LogP) is 6.64. The van der Waals surface area contributed by atoms with Crippen molar-refractivity contribution in [2.45, 2.75) is 13.5 Å². The molecule has 0 unspecified atom stereocenters. The van der Waals surface area contributed by atoms with Crippen LogP contribution in [0.15, 0.2) is 60.7 Å². The molecule has 3 rings (SSSR count). The van der Waals surface area contributed by atoms with E-state index in [1.807, 2.05) is 31.2 Å². The minimum Gasteiger partial charge on any atom is -0.486 e. The van der Waals surface area contributed by atoms with Gasteiger partial charge in [0, 0.05) is 0 Å². The standard InChI is InChI=1S/C24H17Cl2NO3/c1-15-2-6-18(7-3-15)20(13-27)10-17-11-21(25)23(22(26)12-17)30-14-16-4-8-19(9-5-16)24(28)29/h2-12H,14H2,1H3,(H,28,29)/b20-10-. The molecule has 0 spiro atoms. The Morgan fingerprint density at radius 2 is 1.60 bits per heavy atom. The number of hydrogen-bond acceptors (Lipinski definition) is 3. The molecule has 4 nitrogen and oxygen atoms in total. The van der Waals surface area contributed by atoms with Crippen LogP contribution < -0.4 is 4.74 Å². The van der Waals surface area contributed by atoms with E-state index in [9.17, 15) is 10.1 Å². The summed E-state index contributed by atoms with van der Waals surface area (Å²) in [7, 11) is 0. The minimum absolute atomic E-state index is 0.182. The van der Waals surface area contributed by atoms with Crippen molar-refractivity contribution in [3.05, 3.63) is 98.5 Å². The van der Waals surface area contributed by atoms with Gasteiger partial charge in [-0.05, 0) is 54.0 Å². The number of aryl methyl sites for hydroxylation is 1. The molecule has 0 fully saturated rings. The Bertz CT molecular complexity index is 1120. The van der Waals surface area contributed by atoms with Gasteiger partial charge in [-0.3, -0.25) is 0 Å². The highest BCUT2D eigenvalue weighted by atomic mass is 35.5. The third-order valence-electron chi connectivity index (χ3n) is 4.40. The molecule has 3 aromatic carbocycles. The van der Waals surface area contributed by atoms with Gasteiger partial charge >= 0.3 is 5.97 Å². The Balaban J connectivity index is 1.80. The Kier molecular flexibility index (Phi) is 6.79. The first kappa shape index (κ1) is 21.4. The summed E-state index contributed by atoms with van der Waals surface area (Å²) >= 11 is 12.7. The number of carboxylic acid groups (broad SMARTS) is 1. The first-order chi connectivity index (χ1) is 14.4. The monoisotopic (exact) mass is 437 g/mol. The zero-order valence-corrected chi connectivity index (χ0v) is 17.5. The van der Waals surface area contributed by atoms with Crippen molar-refractivity contribution in [1.82, 2.24) is 0 Å². The van der Waals surface area contributed by atoms with E-state index in [2.05, 4.69) is 6.07 Å². The molecule has 1 N–H and O–H groups in total. The van der Waals surface area contributed by atoms with E-state index in [4.69, 9.17) is 33.0 Å². The highest BCUT2D eigenvalue weighted by molar-refractivity contribution is 6.37. The Hall–Kier alpha value is -3.26. The Morgan fingerprint density at radius 1 is 1.03 bits per heavy atom. The summed E-state index contributed by atoms with van der Waals surface area (Å²) in [6, 6.07) is 19.6. The van der Waals surface area contributed by atoms with Gasteiger partial charge in [0.15, 0.2) is 5.75 Å². The molecule has 0 aliphatic rings. The molecule has 6 heteroatoms. The summed E-state index contributed by atoms with van der Waals surface area (Å²) in [5.74, 6) is -0.661. The lowest BCUT2D eigenvalue weighted by molar-refractivity contribution is 0.0697. The average molecular weight is 438 g/mol. The molecule has 0 saturated heterocycles. The maximum atomic E-state index is 10.9. The Morgan fingerprint density at radius 3 is 2.13 bits per heavy atom. The molecule has 0 amide bonds. The van der Waals surface area contributed by atoms with E-state index in [-0.39, 0.29) is 12.2 Å². The fourth-order valence-electron chi connectivity index (χ4n) is 2.78. The second kappa shape index (κ2) is 9.49. The highest BCUT2D eigenvalue weighted by Crippen LogP contribution is 2.36. The van der Waals surface area contributed by atoms with Crippen LogP contribution in [0.5, 0.6) is 5.75 Å². The SMILES string of the molecule is Cc1ccc(/C(C#N)=C\c2cc(Cl)c(OCc3ccc(C(=O)O)cc3)c(Cl)c2)cc1. The largest absolute Gasteiger partial charge is 0.486 e. The number of nitrogens with zero attached hydrogens (tertiary/aromatic N) is 1.